The van der Waals surface area contributed by atoms with E-state index in [0.717, 1.165) is 15.7 Å². The molecule has 0 fully saturated rings. The molecule has 1 atom stereocenters. The van der Waals surface area contributed by atoms with Crippen molar-refractivity contribution in [3.8, 4) is 5.88 Å². The van der Waals surface area contributed by atoms with Crippen LogP contribution in [-0.4, -0.2) is 21.9 Å². The van der Waals surface area contributed by atoms with Gasteiger partial charge in [0, 0.05) is 19.3 Å². The summed E-state index contributed by atoms with van der Waals surface area (Å²) in [7, 11) is 3.48. The highest BCUT2D eigenvalue weighted by Crippen LogP contribution is 2.25. The third-order valence-corrected chi connectivity index (χ3v) is 3.53. The van der Waals surface area contributed by atoms with Crippen molar-refractivity contribution in [3.63, 3.8) is 0 Å². The highest BCUT2D eigenvalue weighted by Gasteiger charge is 2.18. The van der Waals surface area contributed by atoms with E-state index in [2.05, 4.69) is 31.4 Å². The number of aromatic nitrogens is 3. The lowest BCUT2D eigenvalue weighted by Gasteiger charge is -2.17. The SMILES string of the molecule is COc1ccc(CC(NN)c2c(Br)cnn2C)cn1. The predicted octanol–water partition coefficient (Wildman–Crippen LogP) is 1.33. The Morgan fingerprint density at radius 2 is 2.26 bits per heavy atom. The molecule has 102 valence electrons. The molecule has 0 bridgehead atoms. The molecular weight excluding hydrogens is 310 g/mol. The number of rotatable bonds is 5. The molecule has 2 heterocycles. The Morgan fingerprint density at radius 1 is 1.47 bits per heavy atom. The first-order chi connectivity index (χ1) is 9.15. The number of pyridine rings is 1. The van der Waals surface area contributed by atoms with Crippen LogP contribution in [0.2, 0.25) is 0 Å². The number of hydrogen-bond acceptors (Lipinski definition) is 5. The number of ether oxygens (including phenoxy) is 1. The number of methoxy groups -OCH3 is 1. The van der Waals surface area contributed by atoms with Gasteiger partial charge in [0.2, 0.25) is 5.88 Å². The molecule has 0 aromatic carbocycles. The number of nitrogens with one attached hydrogen (secondary N) is 1. The first kappa shape index (κ1) is 14.0. The molecule has 6 nitrogen and oxygen atoms in total. The minimum atomic E-state index is -0.0444. The molecule has 7 heteroatoms. The second kappa shape index (κ2) is 6.14. The van der Waals surface area contributed by atoms with E-state index in [4.69, 9.17) is 10.6 Å². The maximum absolute atomic E-state index is 5.65. The molecule has 3 N–H and O–H groups in total. The molecule has 2 aromatic heterocycles. The van der Waals surface area contributed by atoms with Crippen LogP contribution in [0.4, 0.5) is 0 Å². The normalized spacial score (nSPS) is 12.4. The summed E-state index contributed by atoms with van der Waals surface area (Å²) in [4.78, 5) is 4.19. The third-order valence-electron chi connectivity index (χ3n) is 2.92. The zero-order valence-electron chi connectivity index (χ0n) is 10.8. The molecule has 2 aromatic rings. The lowest BCUT2D eigenvalue weighted by atomic mass is 10.1. The van der Waals surface area contributed by atoms with Crippen molar-refractivity contribution < 1.29 is 4.74 Å². The summed E-state index contributed by atoms with van der Waals surface area (Å²) in [5, 5.41) is 4.19. The lowest BCUT2D eigenvalue weighted by Crippen LogP contribution is -2.31. The van der Waals surface area contributed by atoms with E-state index < -0.39 is 0 Å². The van der Waals surface area contributed by atoms with Gasteiger partial charge in [-0.15, -0.1) is 0 Å². The van der Waals surface area contributed by atoms with Gasteiger partial charge in [-0.05, 0) is 27.9 Å². The van der Waals surface area contributed by atoms with Crippen molar-refractivity contribution >= 4 is 15.9 Å². The van der Waals surface area contributed by atoms with Gasteiger partial charge in [-0.25, -0.2) is 4.98 Å². The van der Waals surface area contributed by atoms with Gasteiger partial charge in [-0.2, -0.15) is 5.10 Å². The zero-order valence-corrected chi connectivity index (χ0v) is 12.4. The standard InChI is InChI=1S/C12H16BrN5O/c1-18-12(9(13)7-16-18)10(17-14)5-8-3-4-11(19-2)15-6-8/h3-4,6-7,10,17H,5,14H2,1-2H3. The van der Waals surface area contributed by atoms with Gasteiger partial charge in [0.05, 0.1) is 29.5 Å². The average Bonchev–Trinajstić information content (AvgIpc) is 2.76. The second-order valence-electron chi connectivity index (χ2n) is 4.13. The number of halogens is 1. The maximum Gasteiger partial charge on any atom is 0.212 e. The average molecular weight is 326 g/mol. The number of nitrogens with two attached hydrogens (primary N) is 1. The molecule has 0 amide bonds. The first-order valence-corrected chi connectivity index (χ1v) is 6.57. The Labute approximate surface area is 120 Å². The molecule has 0 saturated carbocycles. The first-order valence-electron chi connectivity index (χ1n) is 5.78. The quantitative estimate of drug-likeness (QED) is 0.640. The minimum Gasteiger partial charge on any atom is -0.481 e. The Morgan fingerprint density at radius 3 is 2.74 bits per heavy atom. The van der Waals surface area contributed by atoms with E-state index in [0.29, 0.717) is 12.3 Å². The van der Waals surface area contributed by atoms with E-state index >= 15 is 0 Å². The van der Waals surface area contributed by atoms with E-state index in [1.54, 1.807) is 24.2 Å². The molecule has 1 unspecified atom stereocenters. The molecule has 2 rings (SSSR count). The Kier molecular flexibility index (Phi) is 4.52. The van der Waals surface area contributed by atoms with Crippen LogP contribution in [-0.2, 0) is 13.5 Å². The van der Waals surface area contributed by atoms with Crippen molar-refractivity contribution in [2.45, 2.75) is 12.5 Å². The minimum absolute atomic E-state index is 0.0444. The molecule has 0 spiro atoms. The molecule has 0 aliphatic rings. The van der Waals surface area contributed by atoms with E-state index in [1.807, 2.05) is 19.2 Å². The highest BCUT2D eigenvalue weighted by molar-refractivity contribution is 9.10. The summed E-state index contributed by atoms with van der Waals surface area (Å²) in [6, 6.07) is 3.76. The van der Waals surface area contributed by atoms with Crippen LogP contribution in [0.3, 0.4) is 0 Å². The van der Waals surface area contributed by atoms with Crippen LogP contribution in [0.25, 0.3) is 0 Å². The second-order valence-corrected chi connectivity index (χ2v) is 4.99. The Bertz CT molecular complexity index is 520. The summed E-state index contributed by atoms with van der Waals surface area (Å²) >= 11 is 3.48. The molecule has 0 aliphatic carbocycles. The fraction of sp³-hybridized carbons (Fsp3) is 0.333. The third kappa shape index (κ3) is 3.12. The summed E-state index contributed by atoms with van der Waals surface area (Å²) in [6.45, 7) is 0. The topological polar surface area (TPSA) is 78.0 Å². The molecule has 0 radical (unpaired) electrons. The zero-order chi connectivity index (χ0) is 13.8. The number of hydrazine groups is 1. The monoisotopic (exact) mass is 325 g/mol. The van der Waals surface area contributed by atoms with Crippen molar-refractivity contribution in [2.75, 3.05) is 7.11 Å². The summed E-state index contributed by atoms with van der Waals surface area (Å²) in [5.74, 6) is 6.25. The van der Waals surface area contributed by atoms with Gasteiger partial charge >= 0.3 is 0 Å². The number of aryl methyl sites for hydroxylation is 1. The smallest absolute Gasteiger partial charge is 0.212 e. The largest absolute Gasteiger partial charge is 0.481 e. The van der Waals surface area contributed by atoms with Crippen LogP contribution in [0, 0.1) is 0 Å². The highest BCUT2D eigenvalue weighted by atomic mass is 79.9. The summed E-state index contributed by atoms with van der Waals surface area (Å²) in [5.41, 5.74) is 4.88. The van der Waals surface area contributed by atoms with Crippen LogP contribution >= 0.6 is 15.9 Å². The van der Waals surface area contributed by atoms with E-state index in [9.17, 15) is 0 Å². The van der Waals surface area contributed by atoms with Crippen LogP contribution in [0.1, 0.15) is 17.3 Å². The van der Waals surface area contributed by atoms with Gasteiger partial charge in [0.25, 0.3) is 0 Å². The summed E-state index contributed by atoms with van der Waals surface area (Å²) < 4.78 is 7.77. The Balaban J connectivity index is 2.19. The molecule has 0 saturated heterocycles. The van der Waals surface area contributed by atoms with E-state index in [-0.39, 0.29) is 6.04 Å². The number of hydrogen-bond donors (Lipinski definition) is 2. The van der Waals surface area contributed by atoms with Crippen molar-refractivity contribution in [1.82, 2.24) is 20.2 Å². The van der Waals surface area contributed by atoms with Crippen molar-refractivity contribution in [1.29, 1.82) is 0 Å². The molecule has 19 heavy (non-hydrogen) atoms. The lowest BCUT2D eigenvalue weighted by molar-refractivity contribution is 0.397. The maximum atomic E-state index is 5.65. The van der Waals surface area contributed by atoms with Crippen molar-refractivity contribution in [3.05, 3.63) is 40.3 Å². The van der Waals surface area contributed by atoms with Crippen LogP contribution in [0.15, 0.2) is 29.0 Å². The van der Waals surface area contributed by atoms with Gasteiger partial charge in [0.1, 0.15) is 0 Å². The van der Waals surface area contributed by atoms with E-state index in [1.165, 1.54) is 0 Å². The Hall–Kier alpha value is -1.44. The van der Waals surface area contributed by atoms with Crippen molar-refractivity contribution in [2.24, 2.45) is 12.9 Å². The predicted molar refractivity (Wildman–Crippen MR) is 75.5 cm³/mol. The summed E-state index contributed by atoms with van der Waals surface area (Å²) in [6.07, 6.45) is 4.25. The van der Waals surface area contributed by atoms with Gasteiger partial charge < -0.3 is 4.74 Å². The van der Waals surface area contributed by atoms with Gasteiger partial charge in [-0.3, -0.25) is 16.0 Å². The van der Waals surface area contributed by atoms with Crippen LogP contribution in [0.5, 0.6) is 5.88 Å². The van der Waals surface area contributed by atoms with Gasteiger partial charge in [0.15, 0.2) is 0 Å². The fourth-order valence-corrected chi connectivity index (χ4v) is 2.56. The molecule has 0 aliphatic heterocycles. The molecular formula is C12H16BrN5O. The van der Waals surface area contributed by atoms with Crippen LogP contribution < -0.4 is 16.0 Å². The van der Waals surface area contributed by atoms with Gasteiger partial charge in [-0.1, -0.05) is 6.07 Å². The number of nitrogens with zero attached hydrogens (tertiary/aromatic N) is 3. The fourth-order valence-electron chi connectivity index (χ4n) is 1.93.